The molecule has 0 aromatic heterocycles. The van der Waals surface area contributed by atoms with Crippen molar-refractivity contribution in [3.05, 3.63) is 34.4 Å². The predicted molar refractivity (Wildman–Crippen MR) is 53.2 cm³/mol. The largest absolute Gasteiger partial charge is 0.481 e. The van der Waals surface area contributed by atoms with Crippen molar-refractivity contribution in [1.29, 1.82) is 5.26 Å². The van der Waals surface area contributed by atoms with Gasteiger partial charge >= 0.3 is 5.97 Å². The SMILES string of the molecule is Cc1cc(C#N)c(CO)cc1CC(=O)O. The minimum Gasteiger partial charge on any atom is -0.481 e. The summed E-state index contributed by atoms with van der Waals surface area (Å²) in [6.45, 7) is 1.50. The zero-order valence-electron chi connectivity index (χ0n) is 8.32. The van der Waals surface area contributed by atoms with Crippen LogP contribution < -0.4 is 0 Å². The van der Waals surface area contributed by atoms with Gasteiger partial charge in [-0.25, -0.2) is 0 Å². The van der Waals surface area contributed by atoms with Gasteiger partial charge in [-0.15, -0.1) is 0 Å². The Hall–Kier alpha value is -1.86. The fourth-order valence-electron chi connectivity index (χ4n) is 1.39. The van der Waals surface area contributed by atoms with Crippen molar-refractivity contribution in [2.45, 2.75) is 20.0 Å². The number of nitrogens with zero attached hydrogens (tertiary/aromatic N) is 1. The molecule has 0 spiro atoms. The van der Waals surface area contributed by atoms with Gasteiger partial charge in [0.05, 0.1) is 24.7 Å². The Morgan fingerprint density at radius 3 is 2.60 bits per heavy atom. The summed E-state index contributed by atoms with van der Waals surface area (Å²) in [4.78, 5) is 10.5. The lowest BCUT2D eigenvalue weighted by atomic mass is 9.98. The zero-order chi connectivity index (χ0) is 11.4. The first-order chi connectivity index (χ1) is 7.08. The molecule has 78 valence electrons. The average molecular weight is 205 g/mol. The molecule has 0 unspecified atom stereocenters. The van der Waals surface area contributed by atoms with Gasteiger partial charge in [-0.2, -0.15) is 5.26 Å². The maximum Gasteiger partial charge on any atom is 0.307 e. The van der Waals surface area contributed by atoms with Crippen LogP contribution in [0.15, 0.2) is 12.1 Å². The van der Waals surface area contributed by atoms with E-state index in [1.807, 2.05) is 6.07 Å². The van der Waals surface area contributed by atoms with E-state index in [9.17, 15) is 4.79 Å². The highest BCUT2D eigenvalue weighted by Gasteiger charge is 2.09. The molecular formula is C11H11NO3. The highest BCUT2D eigenvalue weighted by Crippen LogP contribution is 2.16. The van der Waals surface area contributed by atoms with E-state index in [4.69, 9.17) is 15.5 Å². The van der Waals surface area contributed by atoms with E-state index in [2.05, 4.69) is 0 Å². The number of hydrogen-bond donors (Lipinski definition) is 2. The molecular weight excluding hydrogens is 194 g/mol. The maximum atomic E-state index is 10.5. The van der Waals surface area contributed by atoms with E-state index in [-0.39, 0.29) is 13.0 Å². The second-order valence-electron chi connectivity index (χ2n) is 3.28. The molecule has 0 heterocycles. The van der Waals surface area contributed by atoms with Crippen LogP contribution in [0, 0.1) is 18.3 Å². The van der Waals surface area contributed by atoms with Gasteiger partial charge in [0.1, 0.15) is 0 Å². The van der Waals surface area contributed by atoms with Crippen molar-refractivity contribution < 1.29 is 15.0 Å². The average Bonchev–Trinajstić information content (AvgIpc) is 2.19. The molecule has 1 aromatic carbocycles. The summed E-state index contributed by atoms with van der Waals surface area (Å²) >= 11 is 0. The van der Waals surface area contributed by atoms with E-state index >= 15 is 0 Å². The van der Waals surface area contributed by atoms with Crippen molar-refractivity contribution in [3.63, 3.8) is 0 Å². The number of carboxylic acid groups (broad SMARTS) is 1. The van der Waals surface area contributed by atoms with Gasteiger partial charge in [-0.05, 0) is 29.7 Å². The molecule has 0 fully saturated rings. The number of hydrogen-bond acceptors (Lipinski definition) is 3. The van der Waals surface area contributed by atoms with Crippen molar-refractivity contribution in [3.8, 4) is 6.07 Å². The summed E-state index contributed by atoms with van der Waals surface area (Å²) in [5, 5.41) is 26.4. The lowest BCUT2D eigenvalue weighted by Crippen LogP contribution is -2.04. The lowest BCUT2D eigenvalue weighted by Gasteiger charge is -2.07. The van der Waals surface area contributed by atoms with E-state index in [1.54, 1.807) is 19.1 Å². The van der Waals surface area contributed by atoms with E-state index in [1.165, 1.54) is 0 Å². The molecule has 2 N–H and O–H groups in total. The van der Waals surface area contributed by atoms with Crippen molar-refractivity contribution in [2.75, 3.05) is 0 Å². The molecule has 0 aliphatic carbocycles. The number of rotatable bonds is 3. The topological polar surface area (TPSA) is 81.3 Å². The summed E-state index contributed by atoms with van der Waals surface area (Å²) in [7, 11) is 0. The van der Waals surface area contributed by atoms with Crippen molar-refractivity contribution >= 4 is 5.97 Å². The minimum absolute atomic E-state index is 0.0927. The molecule has 1 aromatic rings. The fourth-order valence-corrected chi connectivity index (χ4v) is 1.39. The van der Waals surface area contributed by atoms with E-state index in [0.29, 0.717) is 16.7 Å². The third-order valence-electron chi connectivity index (χ3n) is 2.19. The Labute approximate surface area is 87.4 Å². The fraction of sp³-hybridized carbons (Fsp3) is 0.273. The third kappa shape index (κ3) is 2.55. The minimum atomic E-state index is -0.924. The molecule has 15 heavy (non-hydrogen) atoms. The van der Waals surface area contributed by atoms with Crippen LogP contribution in [0.1, 0.15) is 22.3 Å². The molecule has 0 saturated carbocycles. The number of aryl methyl sites for hydroxylation is 1. The first-order valence-corrected chi connectivity index (χ1v) is 4.43. The van der Waals surface area contributed by atoms with Gasteiger partial charge in [0.25, 0.3) is 0 Å². The monoisotopic (exact) mass is 205 g/mol. The molecule has 0 radical (unpaired) electrons. The molecule has 0 aliphatic rings. The van der Waals surface area contributed by atoms with Crippen LogP contribution in [0.25, 0.3) is 0 Å². The molecule has 4 heteroatoms. The number of carboxylic acids is 1. The molecule has 4 nitrogen and oxygen atoms in total. The van der Waals surface area contributed by atoms with Crippen LogP contribution in [0.3, 0.4) is 0 Å². The highest BCUT2D eigenvalue weighted by atomic mass is 16.4. The number of aliphatic hydroxyl groups is 1. The first kappa shape index (κ1) is 11.2. The normalized spacial score (nSPS) is 9.67. The summed E-state index contributed by atoms with van der Waals surface area (Å²) in [5.74, 6) is -0.924. The van der Waals surface area contributed by atoms with Crippen LogP contribution in [-0.4, -0.2) is 16.2 Å². The van der Waals surface area contributed by atoms with Crippen LogP contribution in [0.4, 0.5) is 0 Å². The Bertz CT molecular complexity index is 432. The smallest absolute Gasteiger partial charge is 0.307 e. The Balaban J connectivity index is 3.21. The Morgan fingerprint density at radius 1 is 1.47 bits per heavy atom. The van der Waals surface area contributed by atoms with Gasteiger partial charge in [0.15, 0.2) is 0 Å². The number of carbonyl (C=O) groups is 1. The quantitative estimate of drug-likeness (QED) is 0.770. The van der Waals surface area contributed by atoms with Gasteiger partial charge < -0.3 is 10.2 Å². The maximum absolute atomic E-state index is 10.5. The molecule has 0 atom stereocenters. The van der Waals surface area contributed by atoms with E-state index in [0.717, 1.165) is 5.56 Å². The van der Waals surface area contributed by atoms with Crippen LogP contribution >= 0.6 is 0 Å². The van der Waals surface area contributed by atoms with Crippen LogP contribution in [0.2, 0.25) is 0 Å². The van der Waals surface area contributed by atoms with Crippen molar-refractivity contribution in [2.24, 2.45) is 0 Å². The number of nitriles is 1. The highest BCUT2D eigenvalue weighted by molar-refractivity contribution is 5.71. The molecule has 0 saturated heterocycles. The summed E-state index contributed by atoms with van der Waals surface area (Å²) in [6.07, 6.45) is -0.0927. The molecule has 0 bridgehead atoms. The molecule has 0 amide bonds. The van der Waals surface area contributed by atoms with Gasteiger partial charge in [-0.1, -0.05) is 6.07 Å². The number of benzene rings is 1. The van der Waals surface area contributed by atoms with E-state index < -0.39 is 5.97 Å². The Kier molecular flexibility index (Phi) is 3.42. The standard InChI is InChI=1S/C11H11NO3/c1-7-2-9(5-12)10(6-13)3-8(7)4-11(14)15/h2-3,13H,4,6H2,1H3,(H,14,15). The van der Waals surface area contributed by atoms with Gasteiger partial charge in [0, 0.05) is 0 Å². The van der Waals surface area contributed by atoms with Gasteiger partial charge in [-0.3, -0.25) is 4.79 Å². The summed E-state index contributed by atoms with van der Waals surface area (Å²) in [5.41, 5.74) is 2.25. The predicted octanol–water partition coefficient (Wildman–Crippen LogP) is 0.986. The zero-order valence-corrected chi connectivity index (χ0v) is 8.32. The second kappa shape index (κ2) is 4.58. The summed E-state index contributed by atoms with van der Waals surface area (Å²) in [6, 6.07) is 5.13. The van der Waals surface area contributed by atoms with Gasteiger partial charge in [0.2, 0.25) is 0 Å². The molecule has 0 aliphatic heterocycles. The third-order valence-corrected chi connectivity index (χ3v) is 2.19. The van der Waals surface area contributed by atoms with Crippen LogP contribution in [-0.2, 0) is 17.8 Å². The number of aliphatic carboxylic acids is 1. The van der Waals surface area contributed by atoms with Crippen molar-refractivity contribution in [1.82, 2.24) is 0 Å². The first-order valence-electron chi connectivity index (χ1n) is 4.43. The Morgan fingerprint density at radius 2 is 2.13 bits per heavy atom. The van der Waals surface area contributed by atoms with Crippen LogP contribution in [0.5, 0.6) is 0 Å². The number of aliphatic hydroxyl groups excluding tert-OH is 1. The lowest BCUT2D eigenvalue weighted by molar-refractivity contribution is -0.136. The summed E-state index contributed by atoms with van der Waals surface area (Å²) < 4.78 is 0. The second-order valence-corrected chi connectivity index (χ2v) is 3.28. The molecule has 1 rings (SSSR count).